The quantitative estimate of drug-likeness (QED) is 0.549. The average Bonchev–Trinajstić information content (AvgIpc) is 2.63. The van der Waals surface area contributed by atoms with Gasteiger partial charge >= 0.3 is 0 Å². The minimum Gasteiger partial charge on any atom is -0.331 e. The number of hydrazine groups is 1. The molecule has 0 aliphatic rings. The van der Waals surface area contributed by atoms with Crippen LogP contribution in [-0.2, 0) is 7.05 Å². The number of anilines is 1. The maximum Gasteiger partial charge on any atom is 0.180 e. The lowest BCUT2D eigenvalue weighted by Gasteiger charge is -2.05. The number of nitrogens with two attached hydrogens (primary N) is 1. The van der Waals surface area contributed by atoms with Gasteiger partial charge in [-0.1, -0.05) is 0 Å². The molecule has 0 bridgehead atoms. The lowest BCUT2D eigenvalue weighted by molar-refractivity contribution is 0.905. The van der Waals surface area contributed by atoms with Crippen LogP contribution in [0.25, 0.3) is 11.5 Å². The van der Waals surface area contributed by atoms with Gasteiger partial charge in [-0.2, -0.15) is 0 Å². The van der Waals surface area contributed by atoms with Crippen LogP contribution in [0, 0.1) is 6.92 Å². The predicted molar refractivity (Wildman–Crippen MR) is 56.8 cm³/mol. The molecule has 0 aromatic carbocycles. The van der Waals surface area contributed by atoms with E-state index in [2.05, 4.69) is 20.4 Å². The third kappa shape index (κ3) is 1.79. The minimum atomic E-state index is 0.596. The Balaban J connectivity index is 2.53. The summed E-state index contributed by atoms with van der Waals surface area (Å²) in [5.74, 6) is 6.53. The summed E-state index contributed by atoms with van der Waals surface area (Å²) in [5, 5.41) is 0. The van der Waals surface area contributed by atoms with Gasteiger partial charge in [0.2, 0.25) is 0 Å². The predicted octanol–water partition coefficient (Wildman–Crippen LogP) is 0.471. The summed E-state index contributed by atoms with van der Waals surface area (Å²) >= 11 is 0. The molecule has 0 amide bonds. The highest BCUT2D eigenvalue weighted by Crippen LogP contribution is 2.15. The molecule has 0 aliphatic heterocycles. The van der Waals surface area contributed by atoms with Gasteiger partial charge in [0.05, 0.1) is 12.5 Å². The zero-order valence-electron chi connectivity index (χ0n) is 8.60. The Hall–Kier alpha value is -1.95. The molecule has 0 saturated carbocycles. The first-order valence-corrected chi connectivity index (χ1v) is 4.49. The third-order valence-electron chi connectivity index (χ3n) is 2.05. The van der Waals surface area contributed by atoms with E-state index in [9.17, 15) is 0 Å². The van der Waals surface area contributed by atoms with Crippen LogP contribution in [0.5, 0.6) is 0 Å². The van der Waals surface area contributed by atoms with Gasteiger partial charge in [0, 0.05) is 18.8 Å². The largest absolute Gasteiger partial charge is 0.331 e. The van der Waals surface area contributed by atoms with Crippen molar-refractivity contribution in [1.29, 1.82) is 0 Å². The van der Waals surface area contributed by atoms with E-state index >= 15 is 0 Å². The van der Waals surface area contributed by atoms with Crippen LogP contribution in [0.4, 0.5) is 5.82 Å². The van der Waals surface area contributed by atoms with Crippen molar-refractivity contribution in [2.75, 3.05) is 5.43 Å². The molecule has 2 rings (SSSR count). The first kappa shape index (κ1) is 9.60. The lowest BCUT2D eigenvalue weighted by atomic mass is 10.3. The Morgan fingerprint density at radius 1 is 1.40 bits per heavy atom. The van der Waals surface area contributed by atoms with Crippen LogP contribution < -0.4 is 11.3 Å². The molecule has 0 radical (unpaired) electrons. The topological polar surface area (TPSA) is 81.6 Å². The molecule has 2 aromatic rings. The molecule has 0 aliphatic carbocycles. The van der Waals surface area contributed by atoms with E-state index < -0.39 is 0 Å². The van der Waals surface area contributed by atoms with Crippen molar-refractivity contribution in [3.63, 3.8) is 0 Å². The number of nitrogens with one attached hydrogen (secondary N) is 1. The van der Waals surface area contributed by atoms with E-state index in [1.807, 2.05) is 18.5 Å². The fourth-order valence-electron chi connectivity index (χ4n) is 1.33. The molecule has 3 N–H and O–H groups in total. The van der Waals surface area contributed by atoms with Crippen LogP contribution in [0.3, 0.4) is 0 Å². The highest BCUT2D eigenvalue weighted by atomic mass is 15.3. The lowest BCUT2D eigenvalue weighted by Crippen LogP contribution is -2.10. The number of rotatable bonds is 2. The molecule has 0 atom stereocenters. The SMILES string of the molecule is Cc1cc(NN)nc(-c2cncn2C)n1. The van der Waals surface area contributed by atoms with Crippen LogP contribution in [-0.4, -0.2) is 19.5 Å². The van der Waals surface area contributed by atoms with Gasteiger partial charge in [-0.3, -0.25) is 0 Å². The molecule has 6 nitrogen and oxygen atoms in total. The first-order valence-electron chi connectivity index (χ1n) is 4.49. The summed E-state index contributed by atoms with van der Waals surface area (Å²) in [6, 6.07) is 1.78. The van der Waals surface area contributed by atoms with Gasteiger partial charge in [0.25, 0.3) is 0 Å². The molecular weight excluding hydrogens is 192 g/mol. The van der Waals surface area contributed by atoms with Gasteiger partial charge in [-0.05, 0) is 6.92 Å². The zero-order chi connectivity index (χ0) is 10.8. The van der Waals surface area contributed by atoms with Crippen molar-refractivity contribution >= 4 is 5.82 Å². The van der Waals surface area contributed by atoms with Crippen LogP contribution in [0.2, 0.25) is 0 Å². The summed E-state index contributed by atoms with van der Waals surface area (Å²) in [6.45, 7) is 1.89. The second-order valence-corrected chi connectivity index (χ2v) is 3.25. The second kappa shape index (κ2) is 3.66. The van der Waals surface area contributed by atoms with Crippen molar-refractivity contribution in [3.05, 3.63) is 24.3 Å². The highest BCUT2D eigenvalue weighted by molar-refractivity contribution is 5.52. The third-order valence-corrected chi connectivity index (χ3v) is 2.05. The number of hydrogen-bond donors (Lipinski definition) is 2. The summed E-state index contributed by atoms with van der Waals surface area (Å²) in [5.41, 5.74) is 4.22. The molecule has 2 heterocycles. The molecule has 2 aromatic heterocycles. The smallest absolute Gasteiger partial charge is 0.180 e. The van der Waals surface area contributed by atoms with Crippen LogP contribution in [0.15, 0.2) is 18.6 Å². The number of imidazole rings is 1. The average molecular weight is 204 g/mol. The van der Waals surface area contributed by atoms with Crippen molar-refractivity contribution in [3.8, 4) is 11.5 Å². The molecule has 0 spiro atoms. The summed E-state index contributed by atoms with van der Waals surface area (Å²) in [4.78, 5) is 12.6. The van der Waals surface area contributed by atoms with Crippen molar-refractivity contribution in [2.24, 2.45) is 12.9 Å². The van der Waals surface area contributed by atoms with E-state index in [1.54, 1.807) is 18.6 Å². The van der Waals surface area contributed by atoms with Gasteiger partial charge in [0.1, 0.15) is 11.5 Å². The van der Waals surface area contributed by atoms with Crippen LogP contribution >= 0.6 is 0 Å². The first-order chi connectivity index (χ1) is 7.20. The Morgan fingerprint density at radius 3 is 2.80 bits per heavy atom. The fraction of sp³-hybridized carbons (Fsp3) is 0.222. The molecule has 0 saturated heterocycles. The molecule has 78 valence electrons. The van der Waals surface area contributed by atoms with E-state index in [-0.39, 0.29) is 0 Å². The monoisotopic (exact) mass is 204 g/mol. The summed E-state index contributed by atoms with van der Waals surface area (Å²) in [7, 11) is 1.89. The molecule has 0 unspecified atom stereocenters. The van der Waals surface area contributed by atoms with Gasteiger partial charge in [0.15, 0.2) is 5.82 Å². The Labute approximate surface area is 87.2 Å². The molecule has 0 fully saturated rings. The standard InChI is InChI=1S/C9H12N6/c1-6-3-8(14-10)13-9(12-6)7-4-11-5-15(7)2/h3-5H,10H2,1-2H3,(H,12,13,14). The van der Waals surface area contributed by atoms with Gasteiger partial charge in [-0.15, -0.1) is 0 Å². The van der Waals surface area contributed by atoms with Crippen molar-refractivity contribution in [1.82, 2.24) is 19.5 Å². The second-order valence-electron chi connectivity index (χ2n) is 3.25. The van der Waals surface area contributed by atoms with Crippen molar-refractivity contribution < 1.29 is 0 Å². The maximum atomic E-state index is 5.32. The minimum absolute atomic E-state index is 0.596. The molecule has 15 heavy (non-hydrogen) atoms. The van der Waals surface area contributed by atoms with E-state index in [0.717, 1.165) is 11.4 Å². The van der Waals surface area contributed by atoms with E-state index in [1.165, 1.54) is 0 Å². The fourth-order valence-corrected chi connectivity index (χ4v) is 1.33. The Morgan fingerprint density at radius 2 is 2.20 bits per heavy atom. The molecular formula is C9H12N6. The van der Waals surface area contributed by atoms with E-state index in [0.29, 0.717) is 11.6 Å². The summed E-state index contributed by atoms with van der Waals surface area (Å²) < 4.78 is 1.86. The zero-order valence-corrected chi connectivity index (χ0v) is 8.60. The Kier molecular flexibility index (Phi) is 2.34. The summed E-state index contributed by atoms with van der Waals surface area (Å²) in [6.07, 6.45) is 3.42. The normalized spacial score (nSPS) is 10.3. The molecule has 6 heteroatoms. The highest BCUT2D eigenvalue weighted by Gasteiger charge is 2.07. The Bertz CT molecular complexity index is 475. The van der Waals surface area contributed by atoms with Gasteiger partial charge < -0.3 is 9.99 Å². The van der Waals surface area contributed by atoms with Crippen molar-refractivity contribution in [2.45, 2.75) is 6.92 Å². The number of aromatic nitrogens is 4. The maximum absolute atomic E-state index is 5.32. The number of hydrogen-bond acceptors (Lipinski definition) is 5. The van der Waals surface area contributed by atoms with E-state index in [4.69, 9.17) is 5.84 Å². The number of nitrogen functional groups attached to an aromatic ring is 1. The number of aryl methyl sites for hydroxylation is 2. The van der Waals surface area contributed by atoms with Gasteiger partial charge in [-0.25, -0.2) is 20.8 Å². The van der Waals surface area contributed by atoms with Crippen LogP contribution in [0.1, 0.15) is 5.69 Å². The number of nitrogens with zero attached hydrogens (tertiary/aromatic N) is 4.